The largest absolute Gasteiger partial charge is 0.453 e. The van der Waals surface area contributed by atoms with Crippen LogP contribution >= 0.6 is 0 Å². The average Bonchev–Trinajstić information content (AvgIpc) is 3.22. The molecule has 0 aromatic carbocycles. The van der Waals surface area contributed by atoms with Gasteiger partial charge in [0.05, 0.1) is 7.11 Å². The molecule has 2 unspecified atom stereocenters. The molecule has 3 saturated heterocycles. The van der Waals surface area contributed by atoms with E-state index in [0.717, 1.165) is 44.6 Å². The number of hydrogen-bond acceptors (Lipinski definition) is 4. The minimum atomic E-state index is -0.257. The molecule has 4 aliphatic rings. The van der Waals surface area contributed by atoms with Crippen molar-refractivity contribution in [2.24, 2.45) is 5.92 Å². The van der Waals surface area contributed by atoms with Crippen LogP contribution in [0.2, 0.25) is 0 Å². The van der Waals surface area contributed by atoms with E-state index >= 15 is 0 Å². The first-order chi connectivity index (χ1) is 13.3. The predicted molar refractivity (Wildman–Crippen MR) is 103 cm³/mol. The second-order valence-corrected chi connectivity index (χ2v) is 8.88. The third kappa shape index (κ3) is 3.23. The highest BCUT2D eigenvalue weighted by atomic mass is 19.1. The Hall–Kier alpha value is -1.89. The lowest BCUT2D eigenvalue weighted by Gasteiger charge is -2.45. The van der Waals surface area contributed by atoms with Crippen molar-refractivity contribution >= 4 is 12.0 Å². The lowest BCUT2D eigenvalue weighted by Crippen LogP contribution is -2.54. The molecule has 6 nitrogen and oxygen atoms in total. The van der Waals surface area contributed by atoms with Crippen LogP contribution in [0, 0.1) is 5.92 Å². The Kier molecular flexibility index (Phi) is 4.98. The van der Waals surface area contributed by atoms with Gasteiger partial charge in [0.15, 0.2) is 0 Å². The number of halogens is 1. The lowest BCUT2D eigenvalue weighted by molar-refractivity contribution is -0.129. The van der Waals surface area contributed by atoms with Crippen LogP contribution in [-0.4, -0.2) is 71.6 Å². The van der Waals surface area contributed by atoms with Gasteiger partial charge in [0, 0.05) is 62.2 Å². The van der Waals surface area contributed by atoms with Crippen molar-refractivity contribution in [3.63, 3.8) is 0 Å². The second-order valence-electron chi connectivity index (χ2n) is 8.88. The number of allylic oxidation sites excluding steroid dienone is 4. The molecule has 3 heterocycles. The topological polar surface area (TPSA) is 53.1 Å². The summed E-state index contributed by atoms with van der Waals surface area (Å²) < 4.78 is 18.8. The fourth-order valence-corrected chi connectivity index (χ4v) is 5.36. The molecule has 0 aromatic rings. The van der Waals surface area contributed by atoms with Crippen molar-refractivity contribution in [1.82, 2.24) is 14.7 Å². The highest BCUT2D eigenvalue weighted by Gasteiger charge is 2.45. The molecule has 0 N–H and O–H groups in total. The van der Waals surface area contributed by atoms with Gasteiger partial charge in [-0.2, -0.15) is 0 Å². The van der Waals surface area contributed by atoms with E-state index in [0.29, 0.717) is 25.0 Å². The van der Waals surface area contributed by atoms with Crippen LogP contribution in [0.4, 0.5) is 9.18 Å². The smallest absolute Gasteiger partial charge is 0.409 e. The predicted octanol–water partition coefficient (Wildman–Crippen LogP) is 3.06. The molecule has 154 valence electrons. The number of carbonyl (C=O) groups excluding carboxylic acids is 2. The van der Waals surface area contributed by atoms with E-state index in [2.05, 4.69) is 11.8 Å². The highest BCUT2D eigenvalue weighted by Crippen LogP contribution is 2.42. The molecule has 2 atom stereocenters. The van der Waals surface area contributed by atoms with Gasteiger partial charge in [-0.15, -0.1) is 0 Å². The fourth-order valence-electron chi connectivity index (χ4n) is 5.36. The Bertz CT molecular complexity index is 741. The van der Waals surface area contributed by atoms with Gasteiger partial charge in [0.25, 0.3) is 0 Å². The van der Waals surface area contributed by atoms with Gasteiger partial charge in [-0.1, -0.05) is 0 Å². The van der Waals surface area contributed by atoms with Crippen LogP contribution < -0.4 is 0 Å². The summed E-state index contributed by atoms with van der Waals surface area (Å²) in [5.74, 6) is 0.0684. The molecule has 7 heteroatoms. The fraction of sp³-hybridized carbons (Fsp3) is 0.714. The molecule has 0 spiro atoms. The molecular weight excluding hydrogens is 361 g/mol. The SMILES string of the molecule is COC(=O)N1CCC(C)(N2CCC(N3C(=O)CC4CC(F)=C(C)C=C43)CC2)C1. The third-order valence-corrected chi connectivity index (χ3v) is 7.08. The summed E-state index contributed by atoms with van der Waals surface area (Å²) in [6.07, 6.45) is 5.17. The van der Waals surface area contributed by atoms with Gasteiger partial charge in [0.1, 0.15) is 5.83 Å². The van der Waals surface area contributed by atoms with Gasteiger partial charge in [-0.3, -0.25) is 9.69 Å². The quantitative estimate of drug-likeness (QED) is 0.726. The number of methoxy groups -OCH3 is 1. The van der Waals surface area contributed by atoms with E-state index in [1.165, 1.54) is 7.11 Å². The van der Waals surface area contributed by atoms with Crippen LogP contribution in [0.3, 0.4) is 0 Å². The van der Waals surface area contributed by atoms with Crippen molar-refractivity contribution in [2.75, 3.05) is 33.3 Å². The maximum Gasteiger partial charge on any atom is 0.409 e. The molecule has 4 rings (SSSR count). The van der Waals surface area contributed by atoms with Crippen LogP contribution in [0.15, 0.2) is 23.2 Å². The number of fused-ring (bicyclic) bond motifs is 1. The average molecular weight is 391 g/mol. The number of nitrogens with zero attached hydrogens (tertiary/aromatic N) is 3. The molecule has 0 saturated carbocycles. The summed E-state index contributed by atoms with van der Waals surface area (Å²) in [6, 6.07) is 0.190. The standard InChI is InChI=1S/C21H30FN3O3/c1-14-10-18-15(11-17(14)22)12-19(26)25(18)16-4-7-24(8-5-16)21(2)6-9-23(13-21)20(27)28-3/h10,15-16H,4-9,11-13H2,1-3H3. The zero-order valence-electron chi connectivity index (χ0n) is 17.0. The van der Waals surface area contributed by atoms with Gasteiger partial charge < -0.3 is 14.5 Å². The zero-order chi connectivity index (χ0) is 20.1. The number of piperidine rings is 1. The summed E-state index contributed by atoms with van der Waals surface area (Å²) in [7, 11) is 1.42. The van der Waals surface area contributed by atoms with Gasteiger partial charge in [0.2, 0.25) is 5.91 Å². The number of likely N-dealkylation sites (tertiary alicyclic amines) is 3. The number of amides is 2. The summed E-state index contributed by atoms with van der Waals surface area (Å²) in [4.78, 5) is 30.7. The lowest BCUT2D eigenvalue weighted by atomic mass is 9.91. The van der Waals surface area contributed by atoms with E-state index in [-0.39, 0.29) is 35.3 Å². The maximum absolute atomic E-state index is 14.0. The second kappa shape index (κ2) is 7.17. The summed E-state index contributed by atoms with van der Waals surface area (Å²) in [5, 5.41) is 0. The third-order valence-electron chi connectivity index (χ3n) is 7.08. The first-order valence-corrected chi connectivity index (χ1v) is 10.3. The van der Waals surface area contributed by atoms with Crippen molar-refractivity contribution in [3.05, 3.63) is 23.2 Å². The Balaban J connectivity index is 1.41. The summed E-state index contributed by atoms with van der Waals surface area (Å²) >= 11 is 0. The highest BCUT2D eigenvalue weighted by molar-refractivity contribution is 5.83. The van der Waals surface area contributed by atoms with E-state index < -0.39 is 0 Å². The van der Waals surface area contributed by atoms with E-state index in [1.54, 1.807) is 11.8 Å². The molecule has 0 bridgehead atoms. The molecular formula is C21H30FN3O3. The molecule has 3 fully saturated rings. The van der Waals surface area contributed by atoms with Crippen molar-refractivity contribution in [1.29, 1.82) is 0 Å². The number of hydrogen-bond donors (Lipinski definition) is 0. The Morgan fingerprint density at radius 1 is 1.25 bits per heavy atom. The van der Waals surface area contributed by atoms with Crippen LogP contribution in [0.1, 0.15) is 46.0 Å². The molecule has 2 amide bonds. The van der Waals surface area contributed by atoms with E-state index in [4.69, 9.17) is 4.74 Å². The van der Waals surface area contributed by atoms with Crippen molar-refractivity contribution in [2.45, 2.75) is 57.5 Å². The first kappa shape index (κ1) is 19.4. The summed E-state index contributed by atoms with van der Waals surface area (Å²) in [5.41, 5.74) is 1.64. The minimum absolute atomic E-state index is 0.00944. The maximum atomic E-state index is 14.0. The molecule has 0 radical (unpaired) electrons. The van der Waals surface area contributed by atoms with E-state index in [1.807, 2.05) is 11.0 Å². The van der Waals surface area contributed by atoms with Crippen molar-refractivity contribution < 1.29 is 18.7 Å². The Morgan fingerprint density at radius 3 is 2.64 bits per heavy atom. The zero-order valence-corrected chi connectivity index (χ0v) is 17.0. The normalized spacial score (nSPS) is 32.1. The molecule has 0 aromatic heterocycles. The molecule has 1 aliphatic carbocycles. The number of carbonyl (C=O) groups is 2. The van der Waals surface area contributed by atoms with Crippen LogP contribution in [0.25, 0.3) is 0 Å². The molecule has 3 aliphatic heterocycles. The van der Waals surface area contributed by atoms with Gasteiger partial charge in [-0.05, 0) is 44.8 Å². The first-order valence-electron chi connectivity index (χ1n) is 10.3. The monoisotopic (exact) mass is 391 g/mol. The minimum Gasteiger partial charge on any atom is -0.453 e. The Morgan fingerprint density at radius 2 is 1.96 bits per heavy atom. The Labute approximate surface area is 166 Å². The molecule has 28 heavy (non-hydrogen) atoms. The number of rotatable bonds is 2. The van der Waals surface area contributed by atoms with E-state index in [9.17, 15) is 14.0 Å². The van der Waals surface area contributed by atoms with Gasteiger partial charge >= 0.3 is 6.09 Å². The number of ether oxygens (including phenoxy) is 1. The van der Waals surface area contributed by atoms with Crippen molar-refractivity contribution in [3.8, 4) is 0 Å². The summed E-state index contributed by atoms with van der Waals surface area (Å²) in [6.45, 7) is 7.22. The van der Waals surface area contributed by atoms with Crippen LogP contribution in [-0.2, 0) is 9.53 Å². The van der Waals surface area contributed by atoms with Gasteiger partial charge in [-0.25, -0.2) is 9.18 Å². The van der Waals surface area contributed by atoms with Crippen LogP contribution in [0.5, 0.6) is 0 Å².